The molecule has 3 heterocycles. The summed E-state index contributed by atoms with van der Waals surface area (Å²) >= 11 is 0. The quantitative estimate of drug-likeness (QED) is 0.548. The zero-order valence-corrected chi connectivity index (χ0v) is 12.2. The zero-order valence-electron chi connectivity index (χ0n) is 12.2. The van der Waals surface area contributed by atoms with Gasteiger partial charge in [-0.3, -0.25) is 0 Å². The number of nitrogens with zero attached hydrogens (tertiary/aromatic N) is 1. The molecule has 0 bridgehead atoms. The highest BCUT2D eigenvalue weighted by molar-refractivity contribution is 5.85. The summed E-state index contributed by atoms with van der Waals surface area (Å²) in [5, 5.41) is 6.32. The van der Waals surface area contributed by atoms with Gasteiger partial charge in [0.05, 0.1) is 6.04 Å². The second-order valence-electron chi connectivity index (χ2n) is 5.96. The van der Waals surface area contributed by atoms with E-state index in [9.17, 15) is 0 Å². The molecule has 108 valence electrons. The number of H-pyrrole nitrogens is 1. The van der Waals surface area contributed by atoms with E-state index in [1.165, 1.54) is 33.1 Å². The summed E-state index contributed by atoms with van der Waals surface area (Å²) in [6.07, 6.45) is 2.15. The molecule has 5 rings (SSSR count). The fourth-order valence-electron chi connectivity index (χ4n) is 3.75. The number of aromatic nitrogens is 2. The smallest absolute Gasteiger partial charge is 0.0752 e. The molecule has 0 aliphatic carbocycles. The molecule has 3 nitrogen and oxygen atoms in total. The molecule has 0 radical (unpaired) electrons. The third-order valence-electron chi connectivity index (χ3n) is 4.75. The summed E-state index contributed by atoms with van der Waals surface area (Å²) in [5.74, 6) is 0. The topological polar surface area (TPSA) is 32.8 Å². The summed E-state index contributed by atoms with van der Waals surface area (Å²) < 4.78 is 2.46. The van der Waals surface area contributed by atoms with Gasteiger partial charge in [0.1, 0.15) is 0 Å². The number of para-hydroxylation sites is 2. The van der Waals surface area contributed by atoms with Crippen LogP contribution in [0.3, 0.4) is 0 Å². The summed E-state index contributed by atoms with van der Waals surface area (Å²) in [5.41, 5.74) is 5.23. The van der Waals surface area contributed by atoms with E-state index < -0.39 is 0 Å². The Kier molecular flexibility index (Phi) is 2.46. The van der Waals surface area contributed by atoms with Crippen LogP contribution in [-0.4, -0.2) is 16.1 Å². The number of aromatic amines is 1. The first kappa shape index (κ1) is 12.1. The Bertz CT molecular complexity index is 977. The SMILES string of the molecule is c1ccc2c(c1)cc1n2CCNC1c1c[nH]c2ccccc12. The highest BCUT2D eigenvalue weighted by Crippen LogP contribution is 2.34. The number of hydrogen-bond acceptors (Lipinski definition) is 1. The molecule has 3 heteroatoms. The van der Waals surface area contributed by atoms with Gasteiger partial charge < -0.3 is 14.9 Å². The standard InChI is InChI=1S/C19H17N3/c1-4-8-17-13(5-1)11-18-19(20-9-10-22(17)18)15-12-21-16-7-3-2-6-14(15)16/h1-8,11-12,19-21H,9-10H2. The van der Waals surface area contributed by atoms with Crippen LogP contribution in [0.15, 0.2) is 60.8 Å². The number of rotatable bonds is 1. The third-order valence-corrected chi connectivity index (χ3v) is 4.75. The molecule has 22 heavy (non-hydrogen) atoms. The molecule has 1 aliphatic rings. The lowest BCUT2D eigenvalue weighted by atomic mass is 10.0. The van der Waals surface area contributed by atoms with E-state index in [1.807, 2.05) is 0 Å². The summed E-state index contributed by atoms with van der Waals surface area (Å²) in [4.78, 5) is 3.40. The van der Waals surface area contributed by atoms with Crippen molar-refractivity contribution in [2.24, 2.45) is 0 Å². The lowest BCUT2D eigenvalue weighted by molar-refractivity contribution is 0.477. The van der Waals surface area contributed by atoms with E-state index in [0.717, 1.165) is 13.1 Å². The minimum atomic E-state index is 0.247. The van der Waals surface area contributed by atoms with Gasteiger partial charge in [0.15, 0.2) is 0 Å². The fourth-order valence-corrected chi connectivity index (χ4v) is 3.75. The van der Waals surface area contributed by atoms with Gasteiger partial charge in [0.25, 0.3) is 0 Å². The Morgan fingerprint density at radius 3 is 2.86 bits per heavy atom. The largest absolute Gasteiger partial charge is 0.361 e. The van der Waals surface area contributed by atoms with E-state index in [0.29, 0.717) is 0 Å². The molecule has 1 unspecified atom stereocenters. The van der Waals surface area contributed by atoms with Gasteiger partial charge in [-0.25, -0.2) is 0 Å². The van der Waals surface area contributed by atoms with E-state index >= 15 is 0 Å². The predicted octanol–water partition coefficient (Wildman–Crippen LogP) is 3.82. The normalized spacial score (nSPS) is 17.9. The van der Waals surface area contributed by atoms with Crippen molar-refractivity contribution in [2.45, 2.75) is 12.6 Å². The lowest BCUT2D eigenvalue weighted by Gasteiger charge is -2.26. The Labute approximate surface area is 128 Å². The van der Waals surface area contributed by atoms with Crippen molar-refractivity contribution in [3.63, 3.8) is 0 Å². The van der Waals surface area contributed by atoms with E-state index in [1.54, 1.807) is 0 Å². The Balaban J connectivity index is 1.75. The van der Waals surface area contributed by atoms with Gasteiger partial charge in [0.2, 0.25) is 0 Å². The molecule has 1 atom stereocenters. The Morgan fingerprint density at radius 2 is 1.86 bits per heavy atom. The molecule has 0 saturated heterocycles. The van der Waals surface area contributed by atoms with Crippen LogP contribution in [0.1, 0.15) is 17.3 Å². The molecular formula is C19H17N3. The lowest BCUT2D eigenvalue weighted by Crippen LogP contribution is -2.33. The molecule has 0 spiro atoms. The van der Waals surface area contributed by atoms with Gasteiger partial charge in [-0.1, -0.05) is 36.4 Å². The maximum Gasteiger partial charge on any atom is 0.0752 e. The molecule has 2 N–H and O–H groups in total. The maximum atomic E-state index is 3.69. The minimum Gasteiger partial charge on any atom is -0.361 e. The third kappa shape index (κ3) is 1.60. The van der Waals surface area contributed by atoms with E-state index in [4.69, 9.17) is 0 Å². The average Bonchev–Trinajstić information content (AvgIpc) is 3.16. The van der Waals surface area contributed by atoms with Gasteiger partial charge in [0, 0.05) is 47.0 Å². The number of fused-ring (bicyclic) bond motifs is 4. The molecule has 2 aromatic heterocycles. The fraction of sp³-hybridized carbons (Fsp3) is 0.158. The number of nitrogens with one attached hydrogen (secondary N) is 2. The number of hydrogen-bond donors (Lipinski definition) is 2. The van der Waals surface area contributed by atoms with Crippen LogP contribution in [-0.2, 0) is 6.54 Å². The summed E-state index contributed by atoms with van der Waals surface area (Å²) in [7, 11) is 0. The van der Waals surface area contributed by atoms with E-state index in [-0.39, 0.29) is 6.04 Å². The summed E-state index contributed by atoms with van der Waals surface area (Å²) in [6.45, 7) is 2.03. The second kappa shape index (κ2) is 4.49. The van der Waals surface area contributed by atoms with Crippen molar-refractivity contribution in [3.8, 4) is 0 Å². The first-order valence-corrected chi connectivity index (χ1v) is 7.79. The van der Waals surface area contributed by atoms with Gasteiger partial charge in [-0.2, -0.15) is 0 Å². The highest BCUT2D eigenvalue weighted by atomic mass is 15.1. The van der Waals surface area contributed by atoms with Gasteiger partial charge >= 0.3 is 0 Å². The minimum absolute atomic E-state index is 0.247. The zero-order chi connectivity index (χ0) is 14.5. The maximum absolute atomic E-state index is 3.69. The highest BCUT2D eigenvalue weighted by Gasteiger charge is 2.25. The van der Waals surface area contributed by atoms with Crippen LogP contribution in [0, 0.1) is 0 Å². The van der Waals surface area contributed by atoms with Crippen molar-refractivity contribution in [3.05, 3.63) is 72.1 Å². The van der Waals surface area contributed by atoms with Crippen LogP contribution in [0.4, 0.5) is 0 Å². The molecule has 4 aromatic rings. The van der Waals surface area contributed by atoms with Crippen LogP contribution < -0.4 is 5.32 Å². The Morgan fingerprint density at radius 1 is 1.00 bits per heavy atom. The molecular weight excluding hydrogens is 270 g/mol. The molecule has 2 aromatic carbocycles. The monoisotopic (exact) mass is 287 g/mol. The Hall–Kier alpha value is -2.52. The van der Waals surface area contributed by atoms with E-state index in [2.05, 4.69) is 75.7 Å². The van der Waals surface area contributed by atoms with Crippen LogP contribution in [0.2, 0.25) is 0 Å². The number of benzene rings is 2. The average molecular weight is 287 g/mol. The van der Waals surface area contributed by atoms with Crippen LogP contribution in [0.5, 0.6) is 0 Å². The molecule has 1 aliphatic heterocycles. The molecule has 0 amide bonds. The van der Waals surface area contributed by atoms with Crippen molar-refractivity contribution in [1.29, 1.82) is 0 Å². The van der Waals surface area contributed by atoms with Crippen molar-refractivity contribution in [2.75, 3.05) is 6.54 Å². The van der Waals surface area contributed by atoms with Crippen LogP contribution >= 0.6 is 0 Å². The second-order valence-corrected chi connectivity index (χ2v) is 5.96. The van der Waals surface area contributed by atoms with Gasteiger partial charge in [-0.05, 0) is 23.6 Å². The van der Waals surface area contributed by atoms with Crippen LogP contribution in [0.25, 0.3) is 21.8 Å². The van der Waals surface area contributed by atoms with Crippen molar-refractivity contribution >= 4 is 21.8 Å². The first-order chi connectivity index (χ1) is 10.9. The molecule has 0 saturated carbocycles. The predicted molar refractivity (Wildman–Crippen MR) is 90.1 cm³/mol. The first-order valence-electron chi connectivity index (χ1n) is 7.79. The van der Waals surface area contributed by atoms with Crippen molar-refractivity contribution < 1.29 is 0 Å². The summed E-state index contributed by atoms with van der Waals surface area (Å²) in [6, 6.07) is 19.8. The molecule has 0 fully saturated rings. The van der Waals surface area contributed by atoms with Crippen molar-refractivity contribution in [1.82, 2.24) is 14.9 Å². The van der Waals surface area contributed by atoms with Gasteiger partial charge in [-0.15, -0.1) is 0 Å².